The number of hydrogen-bond donors (Lipinski definition) is 0. The molecule has 2 aliphatic heterocycles. The fourth-order valence-corrected chi connectivity index (χ4v) is 5.99. The second-order valence-electron chi connectivity index (χ2n) is 7.69. The maximum atomic E-state index is 12.5. The molecule has 0 spiro atoms. The molecule has 4 nitrogen and oxygen atoms in total. The maximum Gasteiger partial charge on any atom is 0.271 e. The molecule has 2 heterocycles. The highest BCUT2D eigenvalue weighted by atomic mass is 32.2. The van der Waals surface area contributed by atoms with Gasteiger partial charge in [0.15, 0.2) is 0 Å². The fourth-order valence-electron chi connectivity index (χ4n) is 4.41. The van der Waals surface area contributed by atoms with Crippen LogP contribution in [0, 0.1) is 0 Å². The van der Waals surface area contributed by atoms with Crippen LogP contribution in [0.2, 0.25) is 0 Å². The van der Waals surface area contributed by atoms with Crippen LogP contribution in [-0.2, 0) is 14.3 Å². The van der Waals surface area contributed by atoms with Crippen LogP contribution in [0.15, 0.2) is 0 Å². The summed E-state index contributed by atoms with van der Waals surface area (Å²) in [5, 5.41) is -0.275. The van der Waals surface area contributed by atoms with E-state index in [1.54, 1.807) is 0 Å². The molecule has 2 saturated heterocycles. The zero-order valence-electron chi connectivity index (χ0n) is 14.4. The van der Waals surface area contributed by atoms with Gasteiger partial charge in [-0.25, -0.2) is 0 Å². The molecule has 1 saturated carbocycles. The lowest BCUT2D eigenvalue weighted by atomic mass is 9.96. The molecular weight excluding hydrogens is 310 g/mol. The average molecular weight is 344 g/mol. The summed E-state index contributed by atoms with van der Waals surface area (Å²) in [4.78, 5) is 2.32. The standard InChI is InChI=1S/C18H33NO3S/c20-23(21)17-12-10-8-6-4-2-1-3-5-7-9-11-16(15-17)19-14-13-18(19)22-23/h16-18H,1-15H2. The highest BCUT2D eigenvalue weighted by molar-refractivity contribution is 7.87. The molecule has 3 atom stereocenters. The van der Waals surface area contributed by atoms with E-state index in [4.69, 9.17) is 4.18 Å². The van der Waals surface area contributed by atoms with Gasteiger partial charge in [-0.1, -0.05) is 64.2 Å². The van der Waals surface area contributed by atoms with Gasteiger partial charge in [-0.15, -0.1) is 0 Å². The Kier molecular flexibility index (Phi) is 6.38. The third-order valence-corrected chi connectivity index (χ3v) is 7.71. The Morgan fingerprint density at radius 3 is 1.87 bits per heavy atom. The quantitative estimate of drug-likeness (QED) is 0.618. The van der Waals surface area contributed by atoms with Gasteiger partial charge in [0.2, 0.25) is 0 Å². The Morgan fingerprint density at radius 2 is 1.30 bits per heavy atom. The number of rotatable bonds is 0. The summed E-state index contributed by atoms with van der Waals surface area (Å²) in [7, 11) is -3.38. The molecule has 0 aromatic carbocycles. The fraction of sp³-hybridized carbons (Fsp3) is 1.00. The van der Waals surface area contributed by atoms with Crippen LogP contribution in [0.1, 0.15) is 89.9 Å². The second-order valence-corrected chi connectivity index (χ2v) is 9.54. The van der Waals surface area contributed by atoms with E-state index in [9.17, 15) is 8.42 Å². The van der Waals surface area contributed by atoms with Crippen LogP contribution in [0.3, 0.4) is 0 Å². The molecule has 23 heavy (non-hydrogen) atoms. The largest absolute Gasteiger partial charge is 0.274 e. The van der Waals surface area contributed by atoms with Crippen LogP contribution in [-0.4, -0.2) is 37.4 Å². The summed E-state index contributed by atoms with van der Waals surface area (Å²) >= 11 is 0. The maximum absolute atomic E-state index is 12.5. The van der Waals surface area contributed by atoms with Crippen molar-refractivity contribution < 1.29 is 12.6 Å². The van der Waals surface area contributed by atoms with E-state index in [0.717, 1.165) is 38.6 Å². The van der Waals surface area contributed by atoms with Gasteiger partial charge < -0.3 is 0 Å². The molecule has 3 aliphatic rings. The van der Waals surface area contributed by atoms with Crippen molar-refractivity contribution in [1.82, 2.24) is 4.90 Å². The Morgan fingerprint density at radius 1 is 0.739 bits per heavy atom. The van der Waals surface area contributed by atoms with Gasteiger partial charge in [0, 0.05) is 19.0 Å². The summed E-state index contributed by atoms with van der Waals surface area (Å²) in [6.07, 6.45) is 16.2. The van der Waals surface area contributed by atoms with E-state index in [1.807, 2.05) is 0 Å². The first kappa shape index (κ1) is 17.7. The van der Waals surface area contributed by atoms with Crippen molar-refractivity contribution in [2.24, 2.45) is 0 Å². The van der Waals surface area contributed by atoms with E-state index in [2.05, 4.69) is 4.90 Å². The smallest absolute Gasteiger partial charge is 0.271 e. The molecule has 0 amide bonds. The van der Waals surface area contributed by atoms with Gasteiger partial charge in [0.1, 0.15) is 6.23 Å². The number of fused-ring (bicyclic) bond motifs is 4. The van der Waals surface area contributed by atoms with E-state index in [0.29, 0.717) is 6.04 Å². The van der Waals surface area contributed by atoms with Crippen molar-refractivity contribution >= 4 is 10.1 Å². The molecule has 0 aromatic heterocycles. The summed E-state index contributed by atoms with van der Waals surface area (Å²) in [5.41, 5.74) is 0. The van der Waals surface area contributed by atoms with Gasteiger partial charge in [-0.05, 0) is 19.3 Å². The third-order valence-electron chi connectivity index (χ3n) is 5.98. The minimum atomic E-state index is -3.38. The second kappa shape index (κ2) is 8.30. The molecule has 0 N–H and O–H groups in total. The Balaban J connectivity index is 1.66. The number of nitrogens with zero attached hydrogens (tertiary/aromatic N) is 1. The first-order valence-electron chi connectivity index (χ1n) is 9.85. The van der Waals surface area contributed by atoms with Crippen molar-refractivity contribution in [2.75, 3.05) is 6.54 Å². The number of hydrogen-bond acceptors (Lipinski definition) is 4. The van der Waals surface area contributed by atoms with E-state index < -0.39 is 10.1 Å². The van der Waals surface area contributed by atoms with Crippen LogP contribution in [0.4, 0.5) is 0 Å². The Bertz CT molecular complexity index is 465. The molecule has 3 fully saturated rings. The third kappa shape index (κ3) is 4.70. The van der Waals surface area contributed by atoms with E-state index >= 15 is 0 Å². The lowest BCUT2D eigenvalue weighted by Gasteiger charge is -2.43. The van der Waals surface area contributed by atoms with E-state index in [-0.39, 0.29) is 11.5 Å². The van der Waals surface area contributed by atoms with E-state index in [1.165, 1.54) is 57.8 Å². The van der Waals surface area contributed by atoms with Gasteiger partial charge >= 0.3 is 0 Å². The molecule has 3 unspecified atom stereocenters. The van der Waals surface area contributed by atoms with Crippen molar-refractivity contribution in [3.63, 3.8) is 0 Å². The zero-order chi connectivity index (χ0) is 16.1. The van der Waals surface area contributed by atoms with Crippen LogP contribution >= 0.6 is 0 Å². The minimum absolute atomic E-state index is 0.158. The van der Waals surface area contributed by atoms with Crippen molar-refractivity contribution in [1.29, 1.82) is 0 Å². The van der Waals surface area contributed by atoms with Gasteiger partial charge in [0.05, 0.1) is 5.25 Å². The van der Waals surface area contributed by atoms with Gasteiger partial charge in [0.25, 0.3) is 10.1 Å². The first-order chi connectivity index (χ1) is 11.2. The van der Waals surface area contributed by atoms with Crippen LogP contribution in [0.5, 0.6) is 0 Å². The summed E-state index contributed by atoms with van der Waals surface area (Å²) in [6, 6.07) is 0.418. The topological polar surface area (TPSA) is 46.6 Å². The lowest BCUT2D eigenvalue weighted by molar-refractivity contribution is -0.0744. The summed E-state index contributed by atoms with van der Waals surface area (Å²) in [5.74, 6) is 0. The van der Waals surface area contributed by atoms with Crippen LogP contribution < -0.4 is 0 Å². The average Bonchev–Trinajstić information content (AvgIpc) is 2.56. The normalized spacial score (nSPS) is 37.5. The molecule has 0 radical (unpaired) electrons. The van der Waals surface area contributed by atoms with Crippen molar-refractivity contribution in [3.8, 4) is 0 Å². The predicted molar refractivity (Wildman–Crippen MR) is 92.7 cm³/mol. The zero-order valence-corrected chi connectivity index (χ0v) is 15.2. The van der Waals surface area contributed by atoms with Crippen molar-refractivity contribution in [2.45, 2.75) is 107 Å². The van der Waals surface area contributed by atoms with Gasteiger partial charge in [-0.3, -0.25) is 9.08 Å². The molecule has 5 heteroatoms. The summed E-state index contributed by atoms with van der Waals surface area (Å²) in [6.45, 7) is 1.01. The van der Waals surface area contributed by atoms with Gasteiger partial charge in [-0.2, -0.15) is 8.42 Å². The molecular formula is C18H33NO3S. The first-order valence-corrected chi connectivity index (χ1v) is 11.3. The Hall–Kier alpha value is -0.130. The predicted octanol–water partition coefficient (Wildman–Crippen LogP) is 4.20. The summed E-state index contributed by atoms with van der Waals surface area (Å²) < 4.78 is 30.6. The lowest BCUT2D eigenvalue weighted by Crippen LogP contribution is -2.53. The molecule has 2 bridgehead atoms. The SMILES string of the molecule is O=S1(=O)OC2CCN2C2CCCCCCCCCCCCC1C2. The molecule has 0 aromatic rings. The monoisotopic (exact) mass is 343 g/mol. The van der Waals surface area contributed by atoms with Crippen LogP contribution in [0.25, 0.3) is 0 Å². The molecule has 134 valence electrons. The van der Waals surface area contributed by atoms with Crippen molar-refractivity contribution in [3.05, 3.63) is 0 Å². The minimum Gasteiger partial charge on any atom is -0.274 e. The molecule has 3 rings (SSSR count). The Labute approximate surface area is 142 Å². The highest BCUT2D eigenvalue weighted by Gasteiger charge is 2.44. The molecule has 1 aliphatic carbocycles. The highest BCUT2D eigenvalue weighted by Crippen LogP contribution is 2.35.